The third-order valence-corrected chi connectivity index (χ3v) is 5.02. The third-order valence-electron chi connectivity index (χ3n) is 5.02. The number of ether oxygens (including phenoxy) is 1. The highest BCUT2D eigenvalue weighted by Crippen LogP contribution is 2.84. The molecule has 3 nitrogen and oxygen atoms in total. The summed E-state index contributed by atoms with van der Waals surface area (Å²) in [7, 11) is 1.63. The summed E-state index contributed by atoms with van der Waals surface area (Å²) in [6.07, 6.45) is 6.97. The summed E-state index contributed by atoms with van der Waals surface area (Å²) in [5, 5.41) is 0. The molecule has 3 heteroatoms. The van der Waals surface area contributed by atoms with Gasteiger partial charge in [0, 0.05) is 18.3 Å². The Hall–Kier alpha value is -1.38. The molecule has 1 unspecified atom stereocenters. The van der Waals surface area contributed by atoms with E-state index in [1.165, 1.54) is 0 Å². The number of rotatable bonds is 1. The molecule has 4 saturated carbocycles. The van der Waals surface area contributed by atoms with Crippen molar-refractivity contribution in [2.45, 2.75) is 12.8 Å². The van der Waals surface area contributed by atoms with Gasteiger partial charge in [0.25, 0.3) is 0 Å². The fourth-order valence-electron chi connectivity index (χ4n) is 4.48. The van der Waals surface area contributed by atoms with Crippen LogP contribution in [-0.4, -0.2) is 18.7 Å². The van der Waals surface area contributed by atoms with E-state index >= 15 is 0 Å². The lowest BCUT2D eigenvalue weighted by Gasteiger charge is -2.33. The lowest BCUT2D eigenvalue weighted by Crippen LogP contribution is -2.38. The molecule has 0 radical (unpaired) electrons. The van der Waals surface area contributed by atoms with Gasteiger partial charge in [-0.1, -0.05) is 12.2 Å². The summed E-state index contributed by atoms with van der Waals surface area (Å²) in [4.78, 5) is 24.3. The summed E-state index contributed by atoms with van der Waals surface area (Å²) in [6, 6.07) is 0. The summed E-state index contributed by atoms with van der Waals surface area (Å²) in [5.41, 5.74) is -0.799. The maximum Gasteiger partial charge on any atom is 0.145 e. The molecule has 0 saturated heterocycles. The van der Waals surface area contributed by atoms with Crippen LogP contribution in [0.2, 0.25) is 0 Å². The standard InChI is InChI=1S/C13H12O3/c1-16-9-3-2-4-12-8(14)5-7-6-13(9,12)11(12)10(7)15/h2-4,7,11H,5-6H2,1H3/t7-,11?,12-,13-/m0/s1. The quantitative estimate of drug-likeness (QED) is 0.662. The molecular formula is C13H12O3. The van der Waals surface area contributed by atoms with Crippen molar-refractivity contribution in [1.82, 2.24) is 0 Å². The molecule has 82 valence electrons. The average molecular weight is 216 g/mol. The Balaban J connectivity index is 1.98. The lowest BCUT2D eigenvalue weighted by atomic mass is 9.69. The molecule has 0 heterocycles. The number of methoxy groups -OCH3 is 1. The Morgan fingerprint density at radius 2 is 2.25 bits per heavy atom. The van der Waals surface area contributed by atoms with Gasteiger partial charge in [-0.15, -0.1) is 0 Å². The second kappa shape index (κ2) is 2.17. The average Bonchev–Trinajstić information content (AvgIpc) is 2.83. The normalized spacial score (nSPS) is 51.2. The zero-order valence-corrected chi connectivity index (χ0v) is 9.03. The molecule has 5 aliphatic rings. The number of fused-ring (bicyclic) bond motifs is 1. The molecule has 2 spiro atoms. The van der Waals surface area contributed by atoms with E-state index < -0.39 is 5.41 Å². The number of hydrogen-bond donors (Lipinski definition) is 0. The molecule has 0 N–H and O–H groups in total. The minimum absolute atomic E-state index is 0.0376. The molecule has 4 atom stereocenters. The maximum atomic E-state index is 12.1. The van der Waals surface area contributed by atoms with Crippen LogP contribution in [-0.2, 0) is 14.3 Å². The molecule has 0 aliphatic heterocycles. The van der Waals surface area contributed by atoms with Crippen LogP contribution in [0.3, 0.4) is 0 Å². The number of allylic oxidation sites excluding steroid dienone is 4. The predicted octanol–water partition coefficient (Wildman–Crippen LogP) is 1.25. The molecule has 0 aromatic heterocycles. The van der Waals surface area contributed by atoms with Gasteiger partial charge in [-0.05, 0) is 12.5 Å². The first-order valence-electron chi connectivity index (χ1n) is 5.69. The first-order chi connectivity index (χ1) is 7.68. The van der Waals surface area contributed by atoms with Crippen molar-refractivity contribution >= 4 is 11.6 Å². The van der Waals surface area contributed by atoms with Crippen molar-refractivity contribution in [3.63, 3.8) is 0 Å². The lowest BCUT2D eigenvalue weighted by molar-refractivity contribution is -0.137. The van der Waals surface area contributed by atoms with Gasteiger partial charge in [-0.25, -0.2) is 0 Å². The van der Waals surface area contributed by atoms with Gasteiger partial charge < -0.3 is 4.74 Å². The fourth-order valence-corrected chi connectivity index (χ4v) is 4.48. The Morgan fingerprint density at radius 1 is 1.44 bits per heavy atom. The number of carbonyl (C=O) groups excluding carboxylic acids is 2. The second-order valence-electron chi connectivity index (χ2n) is 5.30. The van der Waals surface area contributed by atoms with E-state index in [9.17, 15) is 9.59 Å². The molecule has 4 bridgehead atoms. The van der Waals surface area contributed by atoms with Crippen LogP contribution in [0.15, 0.2) is 24.0 Å². The van der Waals surface area contributed by atoms with E-state index in [-0.39, 0.29) is 28.8 Å². The first kappa shape index (κ1) is 8.74. The van der Waals surface area contributed by atoms with Gasteiger partial charge in [-0.3, -0.25) is 9.59 Å². The van der Waals surface area contributed by atoms with Gasteiger partial charge >= 0.3 is 0 Å². The number of ketones is 2. The topological polar surface area (TPSA) is 43.4 Å². The van der Waals surface area contributed by atoms with Crippen molar-refractivity contribution < 1.29 is 14.3 Å². The summed E-state index contributed by atoms with van der Waals surface area (Å²) in [6.45, 7) is 0. The Bertz CT molecular complexity index is 501. The Kier molecular flexibility index (Phi) is 1.18. The SMILES string of the molecule is COC1=CC=C[C@@]23C(=O)C[C@H]4C[C@@]12C3C4=O. The van der Waals surface area contributed by atoms with Crippen molar-refractivity contribution in [3.05, 3.63) is 24.0 Å². The van der Waals surface area contributed by atoms with Crippen LogP contribution < -0.4 is 0 Å². The van der Waals surface area contributed by atoms with Crippen molar-refractivity contribution in [2.24, 2.45) is 22.7 Å². The summed E-state index contributed by atoms with van der Waals surface area (Å²) >= 11 is 0. The monoisotopic (exact) mass is 216 g/mol. The number of hydrogen-bond acceptors (Lipinski definition) is 3. The van der Waals surface area contributed by atoms with E-state index in [4.69, 9.17) is 4.74 Å². The van der Waals surface area contributed by atoms with Gasteiger partial charge in [0.05, 0.1) is 17.9 Å². The molecule has 5 aliphatic carbocycles. The van der Waals surface area contributed by atoms with Crippen LogP contribution in [0, 0.1) is 22.7 Å². The smallest absolute Gasteiger partial charge is 0.145 e. The van der Waals surface area contributed by atoms with Crippen LogP contribution in [0.4, 0.5) is 0 Å². The third kappa shape index (κ3) is 0.551. The highest BCUT2D eigenvalue weighted by atomic mass is 16.5. The van der Waals surface area contributed by atoms with Crippen LogP contribution in [0.1, 0.15) is 12.8 Å². The van der Waals surface area contributed by atoms with E-state index in [1.54, 1.807) is 7.11 Å². The van der Waals surface area contributed by atoms with Gasteiger partial charge in [0.2, 0.25) is 0 Å². The predicted molar refractivity (Wildman–Crippen MR) is 55.3 cm³/mol. The zero-order chi connectivity index (χ0) is 11.1. The highest BCUT2D eigenvalue weighted by molar-refractivity contribution is 6.11. The highest BCUT2D eigenvalue weighted by Gasteiger charge is 2.89. The summed E-state index contributed by atoms with van der Waals surface area (Å²) < 4.78 is 5.40. The fraction of sp³-hybridized carbons (Fsp3) is 0.538. The van der Waals surface area contributed by atoms with E-state index in [0.717, 1.165) is 12.2 Å². The molecule has 0 aromatic carbocycles. The first-order valence-corrected chi connectivity index (χ1v) is 5.69. The van der Waals surface area contributed by atoms with Crippen molar-refractivity contribution in [3.8, 4) is 0 Å². The zero-order valence-electron chi connectivity index (χ0n) is 9.03. The minimum atomic E-state index is -0.515. The van der Waals surface area contributed by atoms with Crippen LogP contribution in [0.25, 0.3) is 0 Å². The van der Waals surface area contributed by atoms with E-state index in [1.807, 2.05) is 18.2 Å². The van der Waals surface area contributed by atoms with Gasteiger partial charge in [-0.2, -0.15) is 0 Å². The molecule has 16 heavy (non-hydrogen) atoms. The molecule has 4 fully saturated rings. The molecule has 0 aromatic rings. The maximum absolute atomic E-state index is 12.1. The molecule has 0 amide bonds. The minimum Gasteiger partial charge on any atom is -0.500 e. The van der Waals surface area contributed by atoms with E-state index in [2.05, 4.69) is 0 Å². The van der Waals surface area contributed by atoms with Gasteiger partial charge in [0.15, 0.2) is 0 Å². The number of Topliss-reactive ketones (excluding diaryl/α,β-unsaturated/α-hetero) is 2. The number of carbonyl (C=O) groups is 2. The Labute approximate surface area is 93.2 Å². The van der Waals surface area contributed by atoms with Crippen LogP contribution in [0.5, 0.6) is 0 Å². The van der Waals surface area contributed by atoms with Gasteiger partial charge in [0.1, 0.15) is 17.3 Å². The van der Waals surface area contributed by atoms with E-state index in [0.29, 0.717) is 6.42 Å². The largest absolute Gasteiger partial charge is 0.500 e. The second-order valence-corrected chi connectivity index (χ2v) is 5.30. The van der Waals surface area contributed by atoms with Crippen molar-refractivity contribution in [1.29, 1.82) is 0 Å². The molecule has 5 rings (SSSR count). The van der Waals surface area contributed by atoms with Crippen molar-refractivity contribution in [2.75, 3.05) is 7.11 Å². The molecular weight excluding hydrogens is 204 g/mol. The Morgan fingerprint density at radius 3 is 3.00 bits per heavy atom. The summed E-state index contributed by atoms with van der Waals surface area (Å²) in [5.74, 6) is 1.21. The van der Waals surface area contributed by atoms with Crippen LogP contribution >= 0.6 is 0 Å².